The largest absolute Gasteiger partial charge is 0.481 e. The van der Waals surface area contributed by atoms with E-state index in [4.69, 9.17) is 10.5 Å². The Labute approximate surface area is 125 Å². The molecule has 1 aromatic carbocycles. The maximum atomic E-state index is 6.05. The second kappa shape index (κ2) is 5.91. The van der Waals surface area contributed by atoms with Crippen LogP contribution < -0.4 is 20.3 Å². The maximum absolute atomic E-state index is 6.05. The number of nitrogens with two attached hydrogens (primary N) is 1. The van der Waals surface area contributed by atoms with Gasteiger partial charge in [0.15, 0.2) is 5.82 Å². The zero-order valence-electron chi connectivity index (χ0n) is 12.2. The van der Waals surface area contributed by atoms with E-state index >= 15 is 0 Å². The van der Waals surface area contributed by atoms with Crippen molar-refractivity contribution in [3.63, 3.8) is 0 Å². The quantitative estimate of drug-likeness (QED) is 0.934. The lowest BCUT2D eigenvalue weighted by Gasteiger charge is -2.37. The molecule has 1 aliphatic heterocycles. The monoisotopic (exact) mass is 284 g/mol. The van der Waals surface area contributed by atoms with Crippen LogP contribution in [0.2, 0.25) is 0 Å². The van der Waals surface area contributed by atoms with E-state index in [1.165, 1.54) is 5.69 Å². The summed E-state index contributed by atoms with van der Waals surface area (Å²) in [4.78, 5) is 9.07. The van der Waals surface area contributed by atoms with Gasteiger partial charge in [0.1, 0.15) is 0 Å². The Balaban J connectivity index is 1.71. The first-order chi connectivity index (χ1) is 10.3. The number of rotatable bonds is 3. The normalized spacial score (nSPS) is 15.1. The number of pyridine rings is 1. The Morgan fingerprint density at radius 1 is 0.952 bits per heavy atom. The fourth-order valence-electron chi connectivity index (χ4n) is 2.62. The summed E-state index contributed by atoms with van der Waals surface area (Å²) >= 11 is 0. The molecular formula is C16H20N4O. The number of aromatic nitrogens is 1. The molecule has 2 aromatic rings. The molecule has 110 valence electrons. The average molecular weight is 284 g/mol. The number of nitrogen functional groups attached to an aromatic ring is 1. The molecule has 0 radical (unpaired) electrons. The standard InChI is InChI=1S/C16H20N4O/c1-21-15-8-7-14(17)16(18-15)20-11-9-19(10-12-20)13-5-3-2-4-6-13/h2-8H,9-12,17H2,1H3. The van der Waals surface area contributed by atoms with E-state index < -0.39 is 0 Å². The third-order valence-electron chi connectivity index (χ3n) is 3.79. The van der Waals surface area contributed by atoms with Gasteiger partial charge in [-0.05, 0) is 18.2 Å². The Kier molecular flexibility index (Phi) is 3.81. The van der Waals surface area contributed by atoms with Gasteiger partial charge in [-0.1, -0.05) is 18.2 Å². The summed E-state index contributed by atoms with van der Waals surface area (Å²) in [5, 5.41) is 0. The third-order valence-corrected chi connectivity index (χ3v) is 3.79. The first-order valence-electron chi connectivity index (χ1n) is 7.13. The number of anilines is 3. The molecule has 1 aliphatic rings. The van der Waals surface area contributed by atoms with Gasteiger partial charge in [0.05, 0.1) is 12.8 Å². The van der Waals surface area contributed by atoms with Crippen molar-refractivity contribution in [3.8, 4) is 5.88 Å². The molecule has 0 aliphatic carbocycles. The van der Waals surface area contributed by atoms with Gasteiger partial charge in [-0.15, -0.1) is 0 Å². The van der Waals surface area contributed by atoms with Crippen molar-refractivity contribution in [2.45, 2.75) is 0 Å². The number of methoxy groups -OCH3 is 1. The predicted molar refractivity (Wildman–Crippen MR) is 86.1 cm³/mol. The highest BCUT2D eigenvalue weighted by atomic mass is 16.5. The summed E-state index contributed by atoms with van der Waals surface area (Å²) < 4.78 is 5.19. The minimum absolute atomic E-state index is 0.602. The van der Waals surface area contributed by atoms with Crippen molar-refractivity contribution >= 4 is 17.2 Å². The Hall–Kier alpha value is -2.43. The summed E-state index contributed by atoms with van der Waals surface area (Å²) in [5.41, 5.74) is 8.01. The molecule has 21 heavy (non-hydrogen) atoms. The molecule has 0 atom stereocenters. The number of hydrogen-bond acceptors (Lipinski definition) is 5. The second-order valence-electron chi connectivity index (χ2n) is 5.08. The molecule has 0 unspecified atom stereocenters. The first kappa shape index (κ1) is 13.5. The zero-order chi connectivity index (χ0) is 14.7. The summed E-state index contributed by atoms with van der Waals surface area (Å²) in [6, 6.07) is 14.1. The van der Waals surface area contributed by atoms with E-state index in [0.29, 0.717) is 11.6 Å². The fraction of sp³-hybridized carbons (Fsp3) is 0.312. The Bertz CT molecular complexity index is 594. The van der Waals surface area contributed by atoms with E-state index in [9.17, 15) is 0 Å². The van der Waals surface area contributed by atoms with Crippen molar-refractivity contribution in [2.75, 3.05) is 48.8 Å². The van der Waals surface area contributed by atoms with Gasteiger partial charge in [-0.2, -0.15) is 4.98 Å². The molecule has 0 spiro atoms. The number of para-hydroxylation sites is 1. The van der Waals surface area contributed by atoms with Crippen LogP contribution in [-0.4, -0.2) is 38.3 Å². The van der Waals surface area contributed by atoms with Gasteiger partial charge in [-0.3, -0.25) is 0 Å². The topological polar surface area (TPSA) is 54.6 Å². The van der Waals surface area contributed by atoms with Crippen LogP contribution in [0, 0.1) is 0 Å². The van der Waals surface area contributed by atoms with E-state index in [-0.39, 0.29) is 0 Å². The van der Waals surface area contributed by atoms with Crippen molar-refractivity contribution in [2.24, 2.45) is 0 Å². The molecular weight excluding hydrogens is 264 g/mol. The number of piperazine rings is 1. The van der Waals surface area contributed by atoms with Crippen LogP contribution in [0.4, 0.5) is 17.2 Å². The number of ether oxygens (including phenoxy) is 1. The van der Waals surface area contributed by atoms with Crippen molar-refractivity contribution in [1.82, 2.24) is 4.98 Å². The molecule has 1 saturated heterocycles. The molecule has 0 amide bonds. The van der Waals surface area contributed by atoms with Crippen molar-refractivity contribution in [1.29, 1.82) is 0 Å². The van der Waals surface area contributed by atoms with Gasteiger partial charge in [0.2, 0.25) is 5.88 Å². The molecule has 5 heteroatoms. The fourth-order valence-corrected chi connectivity index (χ4v) is 2.62. The Morgan fingerprint density at radius 3 is 2.29 bits per heavy atom. The van der Waals surface area contributed by atoms with Crippen LogP contribution in [0.5, 0.6) is 5.88 Å². The third kappa shape index (κ3) is 2.86. The van der Waals surface area contributed by atoms with Crippen molar-refractivity contribution in [3.05, 3.63) is 42.5 Å². The number of benzene rings is 1. The highest BCUT2D eigenvalue weighted by Crippen LogP contribution is 2.25. The molecule has 3 rings (SSSR count). The lowest BCUT2D eigenvalue weighted by atomic mass is 10.2. The van der Waals surface area contributed by atoms with Crippen LogP contribution in [0.15, 0.2) is 42.5 Å². The van der Waals surface area contributed by atoms with Crippen LogP contribution in [0.25, 0.3) is 0 Å². The smallest absolute Gasteiger partial charge is 0.215 e. The summed E-state index contributed by atoms with van der Waals surface area (Å²) in [7, 11) is 1.62. The lowest BCUT2D eigenvalue weighted by Crippen LogP contribution is -2.47. The summed E-state index contributed by atoms with van der Waals surface area (Å²) in [6.45, 7) is 3.73. The minimum atomic E-state index is 0.602. The van der Waals surface area contributed by atoms with E-state index in [0.717, 1.165) is 32.0 Å². The minimum Gasteiger partial charge on any atom is -0.481 e. The molecule has 1 aromatic heterocycles. The highest BCUT2D eigenvalue weighted by Gasteiger charge is 2.20. The van der Waals surface area contributed by atoms with Crippen LogP contribution in [-0.2, 0) is 0 Å². The molecule has 1 fully saturated rings. The average Bonchev–Trinajstić information content (AvgIpc) is 2.56. The molecule has 2 N–H and O–H groups in total. The van der Waals surface area contributed by atoms with Crippen molar-refractivity contribution < 1.29 is 4.74 Å². The highest BCUT2D eigenvalue weighted by molar-refractivity contribution is 5.64. The van der Waals surface area contributed by atoms with Gasteiger partial charge >= 0.3 is 0 Å². The summed E-state index contributed by atoms with van der Waals surface area (Å²) in [6.07, 6.45) is 0. The second-order valence-corrected chi connectivity index (χ2v) is 5.08. The van der Waals surface area contributed by atoms with Gasteiger partial charge in [-0.25, -0.2) is 0 Å². The molecule has 0 bridgehead atoms. The van der Waals surface area contributed by atoms with Gasteiger partial charge < -0.3 is 20.3 Å². The number of hydrogen-bond donors (Lipinski definition) is 1. The zero-order valence-corrected chi connectivity index (χ0v) is 12.2. The van der Waals surface area contributed by atoms with E-state index in [1.54, 1.807) is 13.2 Å². The summed E-state index contributed by atoms with van der Waals surface area (Å²) in [5.74, 6) is 1.42. The molecule has 2 heterocycles. The van der Waals surface area contributed by atoms with E-state index in [1.807, 2.05) is 12.1 Å². The predicted octanol–water partition coefficient (Wildman–Crippen LogP) is 2.00. The van der Waals surface area contributed by atoms with Crippen LogP contribution in [0.1, 0.15) is 0 Å². The number of nitrogens with zero attached hydrogens (tertiary/aromatic N) is 3. The van der Waals surface area contributed by atoms with E-state index in [2.05, 4.69) is 39.0 Å². The Morgan fingerprint density at radius 2 is 1.62 bits per heavy atom. The van der Waals surface area contributed by atoms with Crippen LogP contribution >= 0.6 is 0 Å². The maximum Gasteiger partial charge on any atom is 0.215 e. The first-order valence-corrected chi connectivity index (χ1v) is 7.13. The van der Waals surface area contributed by atoms with Crippen LogP contribution in [0.3, 0.4) is 0 Å². The SMILES string of the molecule is COc1ccc(N)c(N2CCN(c3ccccc3)CC2)n1. The molecule has 0 saturated carbocycles. The molecule has 5 nitrogen and oxygen atoms in total. The lowest BCUT2D eigenvalue weighted by molar-refractivity contribution is 0.398. The van der Waals surface area contributed by atoms with Gasteiger partial charge in [0.25, 0.3) is 0 Å². The van der Waals surface area contributed by atoms with Gasteiger partial charge in [0, 0.05) is 37.9 Å².